The van der Waals surface area contributed by atoms with Gasteiger partial charge >= 0.3 is 6.18 Å². The molecule has 0 unspecified atom stereocenters. The van der Waals surface area contributed by atoms with Gasteiger partial charge in [-0.25, -0.2) is 8.42 Å². The van der Waals surface area contributed by atoms with Gasteiger partial charge in [-0.1, -0.05) is 80.6 Å². The summed E-state index contributed by atoms with van der Waals surface area (Å²) in [5, 5.41) is 5.05. The Kier molecular flexibility index (Phi) is 10.9. The van der Waals surface area contributed by atoms with Crippen molar-refractivity contribution in [1.82, 2.24) is 10.6 Å². The molecule has 0 aliphatic heterocycles. The maximum Gasteiger partial charge on any atom is 0.407 e. The Morgan fingerprint density at radius 1 is 0.857 bits per heavy atom. The van der Waals surface area contributed by atoms with Crippen molar-refractivity contribution in [2.24, 2.45) is 11.7 Å². The fourth-order valence-electron chi connectivity index (χ4n) is 4.58. The maximum atomic E-state index is 14.3. The van der Waals surface area contributed by atoms with E-state index >= 15 is 0 Å². The maximum absolute atomic E-state index is 14.3. The minimum absolute atomic E-state index is 0.0906. The monoisotopic (exact) mass is 603 g/mol. The SMILES string of the molecule is CC(C)C[C@H](N[C@@H](c1ccc(-c2ccc(S(C)(=O)=O)cc2)cc1)C(F)(F)F)C(=O)N[C@@H](CCc1ccccc1)C(N)=O. The summed E-state index contributed by atoms with van der Waals surface area (Å²) in [5.74, 6) is -1.64. The van der Waals surface area contributed by atoms with Crippen LogP contribution in [-0.4, -0.2) is 44.7 Å². The first-order valence-electron chi connectivity index (χ1n) is 13.5. The molecule has 0 fully saturated rings. The zero-order valence-electron chi connectivity index (χ0n) is 23.7. The van der Waals surface area contributed by atoms with Crippen molar-refractivity contribution in [3.8, 4) is 11.1 Å². The molecule has 3 aromatic carbocycles. The van der Waals surface area contributed by atoms with Gasteiger partial charge in [-0.2, -0.15) is 13.2 Å². The molecule has 11 heteroatoms. The highest BCUT2D eigenvalue weighted by Crippen LogP contribution is 2.35. The van der Waals surface area contributed by atoms with E-state index in [4.69, 9.17) is 5.73 Å². The van der Waals surface area contributed by atoms with E-state index in [0.29, 0.717) is 17.5 Å². The Hall–Kier alpha value is -3.70. The minimum Gasteiger partial charge on any atom is -0.368 e. The lowest BCUT2D eigenvalue weighted by Gasteiger charge is -2.29. The van der Waals surface area contributed by atoms with Crippen LogP contribution in [-0.2, 0) is 25.8 Å². The number of rotatable bonds is 13. The van der Waals surface area contributed by atoms with Crippen molar-refractivity contribution >= 4 is 21.7 Å². The van der Waals surface area contributed by atoms with Crippen molar-refractivity contribution in [3.05, 3.63) is 90.0 Å². The van der Waals surface area contributed by atoms with E-state index in [0.717, 1.165) is 11.8 Å². The number of benzene rings is 3. The molecule has 0 bridgehead atoms. The van der Waals surface area contributed by atoms with Crippen LogP contribution in [0.4, 0.5) is 13.2 Å². The second kappa shape index (κ2) is 14.0. The molecule has 0 aromatic heterocycles. The number of carbonyl (C=O) groups is 2. The summed E-state index contributed by atoms with van der Waals surface area (Å²) >= 11 is 0. The first-order valence-corrected chi connectivity index (χ1v) is 15.4. The number of hydrogen-bond acceptors (Lipinski definition) is 5. The van der Waals surface area contributed by atoms with E-state index in [1.54, 1.807) is 26.0 Å². The van der Waals surface area contributed by atoms with E-state index in [1.165, 1.54) is 36.4 Å². The Balaban J connectivity index is 1.80. The Bertz CT molecular complexity index is 1440. The lowest BCUT2D eigenvalue weighted by molar-refractivity contribution is -0.161. The van der Waals surface area contributed by atoms with Crippen LogP contribution in [0.25, 0.3) is 11.1 Å². The number of carbonyl (C=O) groups excluding carboxylic acids is 2. The highest BCUT2D eigenvalue weighted by molar-refractivity contribution is 7.90. The predicted molar refractivity (Wildman–Crippen MR) is 156 cm³/mol. The number of nitrogens with one attached hydrogen (secondary N) is 2. The lowest BCUT2D eigenvalue weighted by Crippen LogP contribution is -2.54. The average molecular weight is 604 g/mol. The van der Waals surface area contributed by atoms with Gasteiger partial charge < -0.3 is 11.1 Å². The molecule has 4 N–H and O–H groups in total. The average Bonchev–Trinajstić information content (AvgIpc) is 2.92. The van der Waals surface area contributed by atoms with Gasteiger partial charge in [0.2, 0.25) is 11.8 Å². The molecule has 7 nitrogen and oxygen atoms in total. The quantitative estimate of drug-likeness (QED) is 0.255. The lowest BCUT2D eigenvalue weighted by atomic mass is 9.97. The fraction of sp³-hybridized carbons (Fsp3) is 0.355. The van der Waals surface area contributed by atoms with Gasteiger partial charge in [0.25, 0.3) is 0 Å². The number of alkyl halides is 3. The smallest absolute Gasteiger partial charge is 0.368 e. The van der Waals surface area contributed by atoms with Gasteiger partial charge in [-0.15, -0.1) is 0 Å². The van der Waals surface area contributed by atoms with Crippen LogP contribution in [0.3, 0.4) is 0 Å². The van der Waals surface area contributed by atoms with Crippen LogP contribution in [0.2, 0.25) is 0 Å². The normalized spacial score (nSPS) is 14.3. The number of nitrogens with two attached hydrogens (primary N) is 1. The molecule has 0 heterocycles. The summed E-state index contributed by atoms with van der Waals surface area (Å²) in [6.07, 6.45) is -2.90. The molecule has 0 aliphatic rings. The van der Waals surface area contributed by atoms with Crippen LogP contribution in [0.1, 0.15) is 43.9 Å². The summed E-state index contributed by atoms with van der Waals surface area (Å²) in [6.45, 7) is 3.57. The van der Waals surface area contributed by atoms with Crippen molar-refractivity contribution in [3.63, 3.8) is 0 Å². The Morgan fingerprint density at radius 2 is 1.40 bits per heavy atom. The third-order valence-corrected chi connectivity index (χ3v) is 7.93. The van der Waals surface area contributed by atoms with Gasteiger partial charge in [0, 0.05) is 6.26 Å². The number of primary amides is 1. The minimum atomic E-state index is -4.73. The van der Waals surface area contributed by atoms with E-state index < -0.39 is 46.0 Å². The van der Waals surface area contributed by atoms with Gasteiger partial charge in [-0.3, -0.25) is 14.9 Å². The number of halogens is 3. The van der Waals surface area contributed by atoms with Crippen molar-refractivity contribution in [2.45, 2.75) is 62.3 Å². The first-order chi connectivity index (χ1) is 19.6. The molecule has 0 spiro atoms. The molecular formula is C31H36F3N3O4S. The molecular weight excluding hydrogens is 567 g/mol. The number of hydrogen-bond donors (Lipinski definition) is 3. The van der Waals surface area contributed by atoms with Gasteiger partial charge in [0.05, 0.1) is 10.9 Å². The van der Waals surface area contributed by atoms with E-state index in [2.05, 4.69) is 10.6 Å². The fourth-order valence-corrected chi connectivity index (χ4v) is 5.21. The number of amides is 2. The van der Waals surface area contributed by atoms with Crippen molar-refractivity contribution in [2.75, 3.05) is 6.26 Å². The zero-order chi connectivity index (χ0) is 31.1. The van der Waals surface area contributed by atoms with Gasteiger partial charge in [-0.05, 0) is 59.6 Å². The standard InChI is InChI=1S/C31H36F3N3O4S/c1-20(2)19-27(30(39)37-26(29(35)38)18-9-21-7-5-4-6-8-21)36-28(31(32,33)34)24-12-10-22(11-13-24)23-14-16-25(17-15-23)42(3,40)41/h4-8,10-17,20,26-28,36H,9,18-19H2,1-3H3,(H2,35,38)(H,37,39)/t26-,27-,28-/m0/s1. The van der Waals surface area contributed by atoms with Gasteiger partial charge in [0.15, 0.2) is 9.84 Å². The third-order valence-electron chi connectivity index (χ3n) is 6.80. The Morgan fingerprint density at radius 3 is 1.88 bits per heavy atom. The van der Waals surface area contributed by atoms with E-state index in [1.807, 2.05) is 30.3 Å². The van der Waals surface area contributed by atoms with Crippen LogP contribution in [0.5, 0.6) is 0 Å². The molecule has 3 aromatic rings. The van der Waals surface area contributed by atoms with Gasteiger partial charge in [0.1, 0.15) is 12.1 Å². The molecule has 42 heavy (non-hydrogen) atoms. The third kappa shape index (κ3) is 9.42. The van der Waals surface area contributed by atoms with Crippen molar-refractivity contribution in [1.29, 1.82) is 0 Å². The molecule has 0 saturated carbocycles. The molecule has 0 radical (unpaired) electrons. The summed E-state index contributed by atoms with van der Waals surface area (Å²) in [5.41, 5.74) is 7.58. The highest BCUT2D eigenvalue weighted by atomic mass is 32.2. The predicted octanol–water partition coefficient (Wildman–Crippen LogP) is 4.97. The second-order valence-corrected chi connectivity index (χ2v) is 12.7. The molecule has 226 valence electrons. The summed E-state index contributed by atoms with van der Waals surface area (Å²) in [7, 11) is -3.38. The van der Waals surface area contributed by atoms with E-state index in [9.17, 15) is 31.2 Å². The molecule has 0 aliphatic carbocycles. The molecule has 2 amide bonds. The summed E-state index contributed by atoms with van der Waals surface area (Å²) < 4.78 is 66.4. The second-order valence-electron chi connectivity index (χ2n) is 10.7. The van der Waals surface area contributed by atoms with Crippen LogP contribution >= 0.6 is 0 Å². The zero-order valence-corrected chi connectivity index (χ0v) is 24.5. The number of sulfone groups is 1. The Labute approximate surface area is 244 Å². The largest absolute Gasteiger partial charge is 0.407 e. The number of aryl methyl sites for hydroxylation is 1. The van der Waals surface area contributed by atoms with E-state index in [-0.39, 0.29) is 29.2 Å². The summed E-state index contributed by atoms with van der Waals surface area (Å²) in [6, 6.07) is 16.5. The van der Waals surface area contributed by atoms with Crippen LogP contribution in [0.15, 0.2) is 83.8 Å². The topological polar surface area (TPSA) is 118 Å². The van der Waals surface area contributed by atoms with Crippen molar-refractivity contribution < 1.29 is 31.2 Å². The highest BCUT2D eigenvalue weighted by Gasteiger charge is 2.43. The van der Waals surface area contributed by atoms with Crippen LogP contribution < -0.4 is 16.4 Å². The molecule has 3 rings (SSSR count). The molecule has 3 atom stereocenters. The first kappa shape index (κ1) is 32.8. The van der Waals surface area contributed by atoms with Crippen LogP contribution in [0, 0.1) is 5.92 Å². The molecule has 0 saturated heterocycles. The summed E-state index contributed by atoms with van der Waals surface area (Å²) in [4.78, 5) is 25.5.